The lowest BCUT2D eigenvalue weighted by molar-refractivity contribution is -0.143. The molecule has 4 heteroatoms. The number of hydrogen-bond donors (Lipinski definition) is 2. The van der Waals surface area contributed by atoms with E-state index in [2.05, 4.69) is 0 Å². The van der Waals surface area contributed by atoms with Gasteiger partial charge >= 0.3 is 5.97 Å². The van der Waals surface area contributed by atoms with Gasteiger partial charge in [-0.25, -0.2) is 0 Å². The maximum absolute atomic E-state index is 10.7. The maximum Gasteiger partial charge on any atom is 0.306 e. The van der Waals surface area contributed by atoms with Crippen LogP contribution in [0, 0.1) is 11.8 Å². The lowest BCUT2D eigenvalue weighted by Crippen LogP contribution is -2.39. The molecule has 0 heterocycles. The van der Waals surface area contributed by atoms with Crippen molar-refractivity contribution < 1.29 is 9.90 Å². The van der Waals surface area contributed by atoms with Gasteiger partial charge in [-0.3, -0.25) is 4.79 Å². The number of nitrogens with two attached hydrogens (primary N) is 1. The predicted octanol–water partition coefficient (Wildman–Crippen LogP) is 1.65. The van der Waals surface area contributed by atoms with Crippen molar-refractivity contribution in [1.82, 2.24) is 0 Å². The lowest BCUT2D eigenvalue weighted by atomic mass is 9.77. The molecule has 1 fully saturated rings. The van der Waals surface area contributed by atoms with Gasteiger partial charge in [0.2, 0.25) is 0 Å². The lowest BCUT2D eigenvalue weighted by Gasteiger charge is -2.31. The minimum absolute atomic E-state index is 0. The summed E-state index contributed by atoms with van der Waals surface area (Å²) in [7, 11) is 0. The third kappa shape index (κ3) is 3.16. The number of carbonyl (C=O) groups is 1. The number of halogens is 1. The fourth-order valence-corrected chi connectivity index (χ4v) is 1.99. The van der Waals surface area contributed by atoms with Gasteiger partial charge in [-0.1, -0.05) is 19.8 Å². The molecule has 0 spiro atoms. The number of rotatable bonds is 2. The summed E-state index contributed by atoms with van der Waals surface area (Å²) in [5.74, 6) is -0.797. The second kappa shape index (κ2) is 5.45. The van der Waals surface area contributed by atoms with Gasteiger partial charge in [0.15, 0.2) is 0 Å². The zero-order valence-electron chi connectivity index (χ0n) is 7.90. The van der Waals surface area contributed by atoms with Crippen LogP contribution in [0.25, 0.3) is 0 Å². The molecule has 3 atom stereocenters. The van der Waals surface area contributed by atoms with Crippen molar-refractivity contribution in [3.8, 4) is 0 Å². The fourth-order valence-electron chi connectivity index (χ4n) is 1.99. The molecular weight excluding hydrogens is 190 g/mol. The first-order valence-electron chi connectivity index (χ1n) is 4.61. The van der Waals surface area contributed by atoms with Gasteiger partial charge < -0.3 is 10.8 Å². The summed E-state index contributed by atoms with van der Waals surface area (Å²) >= 11 is 0. The summed E-state index contributed by atoms with van der Waals surface area (Å²) < 4.78 is 0. The Morgan fingerprint density at radius 1 is 1.46 bits per heavy atom. The van der Waals surface area contributed by atoms with E-state index in [4.69, 9.17) is 10.8 Å². The average molecular weight is 208 g/mol. The summed E-state index contributed by atoms with van der Waals surface area (Å²) in [6.07, 6.45) is 4.26. The van der Waals surface area contributed by atoms with Gasteiger partial charge in [0.05, 0.1) is 5.92 Å². The zero-order valence-corrected chi connectivity index (χ0v) is 8.72. The van der Waals surface area contributed by atoms with Crippen LogP contribution >= 0.6 is 12.4 Å². The van der Waals surface area contributed by atoms with Gasteiger partial charge in [-0.15, -0.1) is 12.4 Å². The summed E-state index contributed by atoms with van der Waals surface area (Å²) in [6.45, 7) is 1.76. The molecule has 78 valence electrons. The first-order valence-corrected chi connectivity index (χ1v) is 4.61. The topological polar surface area (TPSA) is 63.3 Å². The Morgan fingerprint density at radius 3 is 2.46 bits per heavy atom. The monoisotopic (exact) mass is 207 g/mol. The van der Waals surface area contributed by atoms with Gasteiger partial charge in [0.25, 0.3) is 0 Å². The number of carboxylic acids is 1. The molecule has 0 aromatic heterocycles. The van der Waals surface area contributed by atoms with E-state index < -0.39 is 5.97 Å². The van der Waals surface area contributed by atoms with Crippen molar-refractivity contribution in [2.45, 2.75) is 38.6 Å². The Bertz CT molecular complexity index is 175. The van der Waals surface area contributed by atoms with Crippen LogP contribution < -0.4 is 5.73 Å². The van der Waals surface area contributed by atoms with Crippen molar-refractivity contribution in [3.05, 3.63) is 0 Å². The smallest absolute Gasteiger partial charge is 0.306 e. The van der Waals surface area contributed by atoms with Crippen LogP contribution in [0.3, 0.4) is 0 Å². The van der Waals surface area contributed by atoms with Crippen LogP contribution in [-0.2, 0) is 4.79 Å². The minimum Gasteiger partial charge on any atom is -0.481 e. The summed E-state index contributed by atoms with van der Waals surface area (Å²) in [5, 5.41) is 8.80. The maximum atomic E-state index is 10.7. The molecule has 0 radical (unpaired) electrons. The van der Waals surface area contributed by atoms with Gasteiger partial charge in [-0.05, 0) is 18.8 Å². The standard InChI is InChI=1S/C9H17NO2.ClH/c1-6(9(11)12)7-4-2-3-5-8(7)10;/h6-8H,2-5,10H2,1H3,(H,11,12);1H. The largest absolute Gasteiger partial charge is 0.481 e. The van der Waals surface area contributed by atoms with Crippen LogP contribution in [0.4, 0.5) is 0 Å². The number of aliphatic carboxylic acids is 1. The Hall–Kier alpha value is -0.280. The predicted molar refractivity (Wildman–Crippen MR) is 54.0 cm³/mol. The van der Waals surface area contributed by atoms with Crippen LogP contribution in [0.1, 0.15) is 32.6 Å². The van der Waals surface area contributed by atoms with Gasteiger partial charge in [-0.2, -0.15) is 0 Å². The van der Waals surface area contributed by atoms with Crippen LogP contribution in [0.15, 0.2) is 0 Å². The van der Waals surface area contributed by atoms with E-state index in [1.165, 1.54) is 0 Å². The SMILES string of the molecule is CC(C(=O)O)C1CCCCC1N.Cl. The van der Waals surface area contributed by atoms with E-state index in [9.17, 15) is 4.79 Å². The molecule has 3 nitrogen and oxygen atoms in total. The van der Waals surface area contributed by atoms with E-state index in [1.807, 2.05) is 0 Å². The van der Waals surface area contributed by atoms with Crippen molar-refractivity contribution in [2.75, 3.05) is 0 Å². The average Bonchev–Trinajstić information content (AvgIpc) is 2.04. The third-order valence-electron chi connectivity index (χ3n) is 2.91. The molecule has 0 saturated heterocycles. The minimum atomic E-state index is -0.711. The summed E-state index contributed by atoms with van der Waals surface area (Å²) in [4.78, 5) is 10.7. The Balaban J connectivity index is 0.00000144. The first-order chi connectivity index (χ1) is 5.63. The Kier molecular flexibility index (Phi) is 5.33. The molecule has 3 unspecified atom stereocenters. The van der Waals surface area contributed by atoms with Gasteiger partial charge in [0, 0.05) is 6.04 Å². The molecule has 13 heavy (non-hydrogen) atoms. The molecule has 0 bridgehead atoms. The Morgan fingerprint density at radius 2 is 2.00 bits per heavy atom. The molecule has 1 aliphatic carbocycles. The van der Waals surface area contributed by atoms with Crippen molar-refractivity contribution >= 4 is 18.4 Å². The van der Waals surface area contributed by atoms with Crippen molar-refractivity contribution in [2.24, 2.45) is 17.6 Å². The highest BCUT2D eigenvalue weighted by atomic mass is 35.5. The van der Waals surface area contributed by atoms with Crippen molar-refractivity contribution in [3.63, 3.8) is 0 Å². The second-order valence-corrected chi connectivity index (χ2v) is 3.74. The van der Waals surface area contributed by atoms with E-state index >= 15 is 0 Å². The van der Waals surface area contributed by atoms with E-state index in [0.29, 0.717) is 0 Å². The van der Waals surface area contributed by atoms with Gasteiger partial charge in [0.1, 0.15) is 0 Å². The third-order valence-corrected chi connectivity index (χ3v) is 2.91. The van der Waals surface area contributed by atoms with Crippen LogP contribution in [0.5, 0.6) is 0 Å². The molecule has 0 amide bonds. The highest BCUT2D eigenvalue weighted by molar-refractivity contribution is 5.85. The molecule has 1 saturated carbocycles. The molecule has 1 rings (SSSR count). The molecular formula is C9H18ClNO2. The quantitative estimate of drug-likeness (QED) is 0.724. The second-order valence-electron chi connectivity index (χ2n) is 3.74. The van der Waals surface area contributed by atoms with Crippen molar-refractivity contribution in [1.29, 1.82) is 0 Å². The summed E-state index contributed by atoms with van der Waals surface area (Å²) in [6, 6.07) is 0.102. The normalized spacial score (nSPS) is 30.3. The molecule has 0 aromatic rings. The molecule has 0 aromatic carbocycles. The zero-order chi connectivity index (χ0) is 9.14. The first kappa shape index (κ1) is 12.7. The van der Waals surface area contributed by atoms with E-state index in [1.54, 1.807) is 6.92 Å². The molecule has 3 N–H and O–H groups in total. The van der Waals surface area contributed by atoms with E-state index in [0.717, 1.165) is 25.7 Å². The number of carboxylic acid groups (broad SMARTS) is 1. The number of hydrogen-bond acceptors (Lipinski definition) is 2. The van der Waals surface area contributed by atoms with E-state index in [-0.39, 0.29) is 30.3 Å². The summed E-state index contributed by atoms with van der Waals surface area (Å²) in [5.41, 5.74) is 5.85. The fraction of sp³-hybridized carbons (Fsp3) is 0.889. The highest BCUT2D eigenvalue weighted by Gasteiger charge is 2.30. The highest BCUT2D eigenvalue weighted by Crippen LogP contribution is 2.29. The van der Waals surface area contributed by atoms with Crippen LogP contribution in [-0.4, -0.2) is 17.1 Å². The molecule has 1 aliphatic rings. The van der Waals surface area contributed by atoms with Crippen LogP contribution in [0.2, 0.25) is 0 Å². The molecule has 0 aliphatic heterocycles. The Labute approximate surface area is 85.1 Å².